The fourth-order valence-electron chi connectivity index (χ4n) is 0.520. The summed E-state index contributed by atoms with van der Waals surface area (Å²) in [7, 11) is 1.16. The molecule has 0 saturated heterocycles. The Morgan fingerprint density at radius 2 is 2.18 bits per heavy atom. The molecule has 0 spiro atoms. The van der Waals surface area contributed by atoms with Gasteiger partial charge in [-0.25, -0.2) is 4.79 Å². The highest BCUT2D eigenvalue weighted by Crippen LogP contribution is 2.06. The van der Waals surface area contributed by atoms with E-state index in [-0.39, 0.29) is 0 Å². The number of methoxy groups -OCH3 is 1. The van der Waals surface area contributed by atoms with Crippen LogP contribution in [0.5, 0.6) is 0 Å². The standard InChI is InChI=1S/C8H13FO2/c1-6(2)4-5-7(9)8(10)11-3/h5-6H,4H2,1-3H3/b7-5-. The van der Waals surface area contributed by atoms with Crippen LogP contribution in [0.2, 0.25) is 0 Å². The van der Waals surface area contributed by atoms with Gasteiger partial charge in [0.15, 0.2) is 0 Å². The number of rotatable bonds is 3. The summed E-state index contributed by atoms with van der Waals surface area (Å²) in [5, 5.41) is 0. The van der Waals surface area contributed by atoms with Crippen molar-refractivity contribution in [3.8, 4) is 0 Å². The molecular weight excluding hydrogens is 147 g/mol. The molecule has 2 nitrogen and oxygen atoms in total. The normalized spacial score (nSPS) is 11.9. The van der Waals surface area contributed by atoms with Crippen LogP contribution in [0.15, 0.2) is 11.9 Å². The SMILES string of the molecule is COC(=O)/C(F)=C/CC(C)C. The van der Waals surface area contributed by atoms with Crippen LogP contribution in [0.25, 0.3) is 0 Å². The maximum Gasteiger partial charge on any atom is 0.366 e. The van der Waals surface area contributed by atoms with Crippen molar-refractivity contribution in [1.29, 1.82) is 0 Å². The zero-order valence-corrected chi connectivity index (χ0v) is 7.06. The first-order valence-corrected chi connectivity index (χ1v) is 3.52. The van der Waals surface area contributed by atoms with Crippen molar-refractivity contribution in [2.45, 2.75) is 20.3 Å². The highest BCUT2D eigenvalue weighted by Gasteiger charge is 2.06. The lowest BCUT2D eigenvalue weighted by atomic mass is 10.1. The van der Waals surface area contributed by atoms with E-state index < -0.39 is 11.8 Å². The molecule has 0 radical (unpaired) electrons. The van der Waals surface area contributed by atoms with Gasteiger partial charge in [0, 0.05) is 0 Å². The summed E-state index contributed by atoms with van der Waals surface area (Å²) in [6.45, 7) is 3.89. The number of hydrogen-bond donors (Lipinski definition) is 0. The Hall–Kier alpha value is -0.860. The summed E-state index contributed by atoms with van der Waals surface area (Å²) >= 11 is 0. The molecule has 3 heteroatoms. The number of ether oxygens (including phenoxy) is 1. The van der Waals surface area contributed by atoms with Crippen LogP contribution in [-0.2, 0) is 9.53 Å². The van der Waals surface area contributed by atoms with Gasteiger partial charge in [-0.15, -0.1) is 0 Å². The van der Waals surface area contributed by atoms with Crippen molar-refractivity contribution in [2.24, 2.45) is 5.92 Å². The first-order valence-electron chi connectivity index (χ1n) is 3.52. The molecule has 0 aromatic heterocycles. The molecule has 11 heavy (non-hydrogen) atoms. The van der Waals surface area contributed by atoms with Crippen molar-refractivity contribution >= 4 is 5.97 Å². The molecule has 0 unspecified atom stereocenters. The number of carbonyl (C=O) groups is 1. The Labute approximate surface area is 66.0 Å². The molecule has 0 bridgehead atoms. The monoisotopic (exact) mass is 160 g/mol. The molecule has 0 aliphatic carbocycles. The topological polar surface area (TPSA) is 26.3 Å². The minimum atomic E-state index is -0.898. The second kappa shape index (κ2) is 4.88. The van der Waals surface area contributed by atoms with E-state index >= 15 is 0 Å². The van der Waals surface area contributed by atoms with E-state index in [1.54, 1.807) is 0 Å². The van der Waals surface area contributed by atoms with Gasteiger partial charge in [0.25, 0.3) is 0 Å². The van der Waals surface area contributed by atoms with E-state index in [4.69, 9.17) is 0 Å². The van der Waals surface area contributed by atoms with Crippen molar-refractivity contribution in [3.05, 3.63) is 11.9 Å². The molecule has 0 aromatic rings. The Kier molecular flexibility index (Phi) is 4.50. The van der Waals surface area contributed by atoms with Crippen LogP contribution in [0.3, 0.4) is 0 Å². The largest absolute Gasteiger partial charge is 0.464 e. The van der Waals surface area contributed by atoms with E-state index in [1.807, 2.05) is 13.8 Å². The molecule has 0 aliphatic rings. The number of esters is 1. The lowest BCUT2D eigenvalue weighted by Crippen LogP contribution is -2.00. The van der Waals surface area contributed by atoms with Crippen LogP contribution in [0.4, 0.5) is 4.39 Å². The van der Waals surface area contributed by atoms with Gasteiger partial charge in [-0.3, -0.25) is 0 Å². The second-order valence-corrected chi connectivity index (χ2v) is 2.67. The zero-order valence-electron chi connectivity index (χ0n) is 7.06. The summed E-state index contributed by atoms with van der Waals surface area (Å²) in [4.78, 5) is 10.5. The molecule has 64 valence electrons. The second-order valence-electron chi connectivity index (χ2n) is 2.67. The third-order valence-electron chi connectivity index (χ3n) is 1.15. The molecule has 0 atom stereocenters. The molecule has 0 aliphatic heterocycles. The van der Waals surface area contributed by atoms with Gasteiger partial charge >= 0.3 is 5.97 Å². The lowest BCUT2D eigenvalue weighted by Gasteiger charge is -1.98. The number of carbonyl (C=O) groups excluding carboxylic acids is 1. The van der Waals surface area contributed by atoms with Gasteiger partial charge < -0.3 is 4.74 Å². The fourth-order valence-corrected chi connectivity index (χ4v) is 0.520. The average Bonchev–Trinajstić information content (AvgIpc) is 1.98. The number of allylic oxidation sites excluding steroid dienone is 1. The van der Waals surface area contributed by atoms with Gasteiger partial charge in [-0.2, -0.15) is 4.39 Å². The van der Waals surface area contributed by atoms with Crippen molar-refractivity contribution in [3.63, 3.8) is 0 Å². The Morgan fingerprint density at radius 1 is 1.64 bits per heavy atom. The third-order valence-corrected chi connectivity index (χ3v) is 1.15. The van der Waals surface area contributed by atoms with Crippen molar-refractivity contribution < 1.29 is 13.9 Å². The van der Waals surface area contributed by atoms with E-state index in [0.29, 0.717) is 12.3 Å². The summed E-state index contributed by atoms with van der Waals surface area (Å²) in [5.41, 5.74) is 0. The quantitative estimate of drug-likeness (QED) is 0.466. The van der Waals surface area contributed by atoms with Crippen LogP contribution >= 0.6 is 0 Å². The van der Waals surface area contributed by atoms with Crippen LogP contribution in [0, 0.1) is 5.92 Å². The molecule has 0 N–H and O–H groups in total. The van der Waals surface area contributed by atoms with Gasteiger partial charge in [-0.1, -0.05) is 13.8 Å². The maximum absolute atomic E-state index is 12.5. The molecule has 0 heterocycles. The van der Waals surface area contributed by atoms with E-state index in [2.05, 4.69) is 4.74 Å². The highest BCUT2D eigenvalue weighted by molar-refractivity contribution is 5.85. The number of hydrogen-bond acceptors (Lipinski definition) is 2. The predicted octanol–water partition coefficient (Wildman–Crippen LogP) is 2.06. The Bertz CT molecular complexity index is 161. The van der Waals surface area contributed by atoms with Gasteiger partial charge in [0.05, 0.1) is 7.11 Å². The first kappa shape index (κ1) is 10.1. The summed E-state index contributed by atoms with van der Waals surface area (Å²) in [6.07, 6.45) is 1.80. The van der Waals surface area contributed by atoms with Crippen LogP contribution in [-0.4, -0.2) is 13.1 Å². The smallest absolute Gasteiger partial charge is 0.366 e. The Morgan fingerprint density at radius 3 is 2.55 bits per heavy atom. The van der Waals surface area contributed by atoms with Crippen LogP contribution in [0.1, 0.15) is 20.3 Å². The van der Waals surface area contributed by atoms with Crippen molar-refractivity contribution in [1.82, 2.24) is 0 Å². The number of halogens is 1. The minimum absolute atomic E-state index is 0.352. The average molecular weight is 160 g/mol. The zero-order chi connectivity index (χ0) is 8.85. The van der Waals surface area contributed by atoms with Gasteiger partial charge in [0.2, 0.25) is 5.83 Å². The highest BCUT2D eigenvalue weighted by atomic mass is 19.1. The lowest BCUT2D eigenvalue weighted by molar-refractivity contribution is -0.137. The molecular formula is C8H13FO2. The van der Waals surface area contributed by atoms with Crippen molar-refractivity contribution in [2.75, 3.05) is 7.11 Å². The van der Waals surface area contributed by atoms with Gasteiger partial charge in [0.1, 0.15) is 0 Å². The van der Waals surface area contributed by atoms with E-state index in [0.717, 1.165) is 7.11 Å². The predicted molar refractivity (Wildman–Crippen MR) is 40.7 cm³/mol. The Balaban J connectivity index is 3.90. The molecule has 0 fully saturated rings. The van der Waals surface area contributed by atoms with Crippen LogP contribution < -0.4 is 0 Å². The summed E-state index contributed by atoms with van der Waals surface area (Å²) in [5.74, 6) is -1.35. The third kappa shape index (κ3) is 4.53. The molecule has 0 saturated carbocycles. The molecule has 0 aromatic carbocycles. The summed E-state index contributed by atoms with van der Waals surface area (Å²) in [6, 6.07) is 0. The fraction of sp³-hybridized carbons (Fsp3) is 0.625. The molecule has 0 rings (SSSR count). The van der Waals surface area contributed by atoms with E-state index in [9.17, 15) is 9.18 Å². The first-order chi connectivity index (χ1) is 5.07. The maximum atomic E-state index is 12.5. The molecule has 0 amide bonds. The van der Waals surface area contributed by atoms with E-state index in [1.165, 1.54) is 6.08 Å². The summed E-state index contributed by atoms with van der Waals surface area (Å²) < 4.78 is 16.7. The minimum Gasteiger partial charge on any atom is -0.464 e. The van der Waals surface area contributed by atoms with Gasteiger partial charge in [-0.05, 0) is 18.4 Å².